The van der Waals surface area contributed by atoms with E-state index in [1.54, 1.807) is 6.08 Å². The highest BCUT2D eigenvalue weighted by atomic mass is 16.6. The summed E-state index contributed by atoms with van der Waals surface area (Å²) in [7, 11) is 0. The number of amides is 1. The summed E-state index contributed by atoms with van der Waals surface area (Å²) >= 11 is 0. The number of anilines is 1. The Labute approximate surface area is 283 Å². The van der Waals surface area contributed by atoms with Crippen LogP contribution in [0, 0.1) is 0 Å². The molecule has 252 valence electrons. The third-order valence-electron chi connectivity index (χ3n) is 11.3. The van der Waals surface area contributed by atoms with Gasteiger partial charge in [-0.3, -0.25) is 0 Å². The van der Waals surface area contributed by atoms with Crippen molar-refractivity contribution in [3.63, 3.8) is 0 Å². The highest BCUT2D eigenvalue weighted by Crippen LogP contribution is 2.49. The number of aryl methyl sites for hydroxylation is 1. The minimum absolute atomic E-state index is 0.00912. The first-order valence-electron chi connectivity index (χ1n) is 18.0. The largest absolute Gasteiger partial charge is 0.489 e. The van der Waals surface area contributed by atoms with Crippen molar-refractivity contribution < 1.29 is 19.0 Å². The van der Waals surface area contributed by atoms with Crippen molar-refractivity contribution in [2.24, 2.45) is 0 Å². The number of rotatable bonds is 9. The van der Waals surface area contributed by atoms with Gasteiger partial charge in [0.2, 0.25) is 0 Å². The number of carbonyl (C=O) groups excluding carboxylic acids is 1. The maximum atomic E-state index is 12.8. The molecule has 3 saturated heterocycles. The lowest BCUT2D eigenvalue weighted by atomic mass is 9.62. The van der Waals surface area contributed by atoms with Crippen LogP contribution in [0.5, 0.6) is 11.8 Å². The molecule has 0 radical (unpaired) electrons. The van der Waals surface area contributed by atoms with E-state index in [1.807, 2.05) is 11.0 Å². The fraction of sp³-hybridized carbons (Fsp3) is 0.513. The van der Waals surface area contributed by atoms with Gasteiger partial charge in [0.1, 0.15) is 31.4 Å². The van der Waals surface area contributed by atoms with E-state index < -0.39 is 0 Å². The molecule has 3 fully saturated rings. The molecule has 1 amide bonds. The van der Waals surface area contributed by atoms with Gasteiger partial charge in [-0.15, -0.1) is 0 Å². The third-order valence-corrected chi connectivity index (χ3v) is 11.3. The summed E-state index contributed by atoms with van der Waals surface area (Å²) in [4.78, 5) is 27.5. The number of likely N-dealkylation sites (tertiary alicyclic amines) is 1. The first-order chi connectivity index (χ1) is 23.6. The molecule has 2 bridgehead atoms. The molecule has 1 N–H and O–H groups in total. The van der Waals surface area contributed by atoms with Crippen LogP contribution in [-0.4, -0.2) is 71.9 Å². The van der Waals surface area contributed by atoms with Crippen LogP contribution in [-0.2, 0) is 36.0 Å². The Kier molecular flexibility index (Phi) is 8.72. The number of aromatic nitrogens is 2. The van der Waals surface area contributed by atoms with Crippen molar-refractivity contribution in [3.05, 3.63) is 89.1 Å². The molecule has 3 aliphatic heterocycles. The van der Waals surface area contributed by atoms with E-state index in [0.29, 0.717) is 38.4 Å². The molecule has 3 aromatic rings. The number of ether oxygens (including phenoxy) is 3. The SMILES string of the molecule is C=CCOC(=O)N1C[C@H]2CC[C@@H](C1)N2c1nc(OC[C@@H]2CCCN2)nc2c1CCC1(CCCc3ccc(OCc4ccccc4)cc31)C2. The normalized spacial score (nSPS) is 25.8. The Balaban J connectivity index is 1.10. The van der Waals surface area contributed by atoms with Crippen LogP contribution < -0.4 is 19.7 Å². The molecule has 9 heteroatoms. The average Bonchev–Trinajstić information content (AvgIpc) is 3.74. The van der Waals surface area contributed by atoms with Crippen LogP contribution in [0.2, 0.25) is 0 Å². The maximum absolute atomic E-state index is 12.8. The minimum Gasteiger partial charge on any atom is -0.489 e. The first-order valence-corrected chi connectivity index (χ1v) is 18.0. The van der Waals surface area contributed by atoms with Crippen LogP contribution in [0.15, 0.2) is 61.2 Å². The molecule has 1 aromatic heterocycles. The molecule has 5 aliphatic rings. The molecular weight excluding hydrogens is 602 g/mol. The number of benzene rings is 2. The summed E-state index contributed by atoms with van der Waals surface area (Å²) in [5, 5.41) is 3.55. The van der Waals surface area contributed by atoms with Gasteiger partial charge in [0.15, 0.2) is 0 Å². The van der Waals surface area contributed by atoms with Gasteiger partial charge in [-0.25, -0.2) is 4.79 Å². The van der Waals surface area contributed by atoms with Gasteiger partial charge >= 0.3 is 12.1 Å². The fourth-order valence-electron chi connectivity index (χ4n) is 8.94. The van der Waals surface area contributed by atoms with Crippen LogP contribution in [0.3, 0.4) is 0 Å². The molecule has 48 heavy (non-hydrogen) atoms. The number of nitrogens with zero attached hydrogens (tertiary/aromatic N) is 4. The smallest absolute Gasteiger partial charge is 0.410 e. The predicted octanol–water partition coefficient (Wildman–Crippen LogP) is 5.93. The van der Waals surface area contributed by atoms with Crippen LogP contribution in [0.25, 0.3) is 0 Å². The van der Waals surface area contributed by atoms with Crippen molar-refractivity contribution in [1.29, 1.82) is 0 Å². The number of hydrogen-bond acceptors (Lipinski definition) is 8. The molecule has 2 aliphatic carbocycles. The molecule has 4 heterocycles. The van der Waals surface area contributed by atoms with Crippen LogP contribution in [0.1, 0.15) is 72.9 Å². The average molecular weight is 650 g/mol. The van der Waals surface area contributed by atoms with E-state index in [9.17, 15) is 4.79 Å². The fourth-order valence-corrected chi connectivity index (χ4v) is 8.94. The first kappa shape index (κ1) is 31.2. The summed E-state index contributed by atoms with van der Waals surface area (Å²) in [6.45, 7) is 7.36. The zero-order chi connectivity index (χ0) is 32.5. The molecule has 0 saturated carbocycles. The van der Waals surface area contributed by atoms with E-state index in [1.165, 1.54) is 35.1 Å². The van der Waals surface area contributed by atoms with Crippen molar-refractivity contribution in [3.8, 4) is 11.8 Å². The van der Waals surface area contributed by atoms with Crippen LogP contribution >= 0.6 is 0 Å². The van der Waals surface area contributed by atoms with Gasteiger partial charge in [0.25, 0.3) is 0 Å². The van der Waals surface area contributed by atoms with E-state index in [0.717, 1.165) is 75.2 Å². The molecule has 9 nitrogen and oxygen atoms in total. The zero-order valence-electron chi connectivity index (χ0n) is 27.9. The number of piperazine rings is 1. The number of carbonyl (C=O) groups is 1. The number of nitrogens with one attached hydrogen (secondary N) is 1. The van der Waals surface area contributed by atoms with Crippen LogP contribution in [0.4, 0.5) is 10.6 Å². The van der Waals surface area contributed by atoms with Crippen molar-refractivity contribution in [2.45, 2.75) is 94.4 Å². The van der Waals surface area contributed by atoms with Gasteiger partial charge in [0, 0.05) is 42.2 Å². The second-order valence-electron chi connectivity index (χ2n) is 14.3. The number of fused-ring (bicyclic) bond motifs is 5. The van der Waals surface area contributed by atoms with Gasteiger partial charge in [-0.2, -0.15) is 9.97 Å². The Morgan fingerprint density at radius 1 is 1.00 bits per heavy atom. The lowest BCUT2D eigenvalue weighted by molar-refractivity contribution is 0.103. The predicted molar refractivity (Wildman–Crippen MR) is 185 cm³/mol. The molecular formula is C39H47N5O4. The lowest BCUT2D eigenvalue weighted by Crippen LogP contribution is -2.56. The van der Waals surface area contributed by atoms with Gasteiger partial charge in [-0.05, 0) is 99.6 Å². The standard InChI is InChI=1S/C39H47N5O4/c1-2-20-46-38(45)43-23-30-13-14-31(24-43)44(30)36-33-16-18-39(22-35(33)41-37(42-36)48-26-29-11-7-19-40-29)17-6-10-28-12-15-32(21-34(28)39)47-25-27-8-4-3-5-9-27/h2-5,8-9,12,15,21,29-31,40H,1,6-7,10-11,13-14,16-20,22-26H2/t29-,30-,31+,39?/m0/s1. The summed E-state index contributed by atoms with van der Waals surface area (Å²) in [5.74, 6) is 1.95. The van der Waals surface area contributed by atoms with Gasteiger partial charge < -0.3 is 29.3 Å². The van der Waals surface area contributed by atoms with E-state index in [4.69, 9.17) is 24.2 Å². The minimum atomic E-state index is -0.255. The number of hydrogen-bond donors (Lipinski definition) is 1. The topological polar surface area (TPSA) is 89.1 Å². The molecule has 1 unspecified atom stereocenters. The van der Waals surface area contributed by atoms with Gasteiger partial charge in [0.05, 0.1) is 5.69 Å². The van der Waals surface area contributed by atoms with Crippen molar-refractivity contribution in [2.75, 3.05) is 37.7 Å². The highest BCUT2D eigenvalue weighted by molar-refractivity contribution is 5.69. The van der Waals surface area contributed by atoms with E-state index >= 15 is 0 Å². The molecule has 1 spiro atoms. The Bertz CT molecular complexity index is 1630. The van der Waals surface area contributed by atoms with E-state index in [2.05, 4.69) is 59.3 Å². The van der Waals surface area contributed by atoms with E-state index in [-0.39, 0.29) is 30.2 Å². The second kappa shape index (κ2) is 13.4. The summed E-state index contributed by atoms with van der Waals surface area (Å²) < 4.78 is 18.1. The third kappa shape index (κ3) is 6.13. The monoisotopic (exact) mass is 649 g/mol. The molecule has 8 rings (SSSR count). The highest BCUT2D eigenvalue weighted by Gasteiger charge is 2.46. The summed E-state index contributed by atoms with van der Waals surface area (Å²) in [6.07, 6.45) is 12.0. The summed E-state index contributed by atoms with van der Waals surface area (Å²) in [5.41, 5.74) is 6.42. The quantitative estimate of drug-likeness (QED) is 0.286. The Hall–Kier alpha value is -4.11. The zero-order valence-corrected chi connectivity index (χ0v) is 27.9. The van der Waals surface area contributed by atoms with Gasteiger partial charge in [-0.1, -0.05) is 49.1 Å². The van der Waals surface area contributed by atoms with Crippen molar-refractivity contribution >= 4 is 11.9 Å². The Morgan fingerprint density at radius 3 is 2.65 bits per heavy atom. The molecule has 4 atom stereocenters. The summed E-state index contributed by atoms with van der Waals surface area (Å²) in [6, 6.07) is 18.3. The lowest BCUT2D eigenvalue weighted by Gasteiger charge is -2.45. The second-order valence-corrected chi connectivity index (χ2v) is 14.3. The Morgan fingerprint density at radius 2 is 1.85 bits per heavy atom. The maximum Gasteiger partial charge on any atom is 0.410 e. The molecule has 2 aromatic carbocycles. The van der Waals surface area contributed by atoms with Crippen molar-refractivity contribution in [1.82, 2.24) is 20.2 Å².